The van der Waals surface area contributed by atoms with Gasteiger partial charge in [0, 0.05) is 19.3 Å². The van der Waals surface area contributed by atoms with Crippen molar-refractivity contribution in [1.29, 1.82) is 0 Å². The number of anilines is 1. The van der Waals surface area contributed by atoms with Gasteiger partial charge >= 0.3 is 12.4 Å². The number of alkyl halides is 6. The van der Waals surface area contributed by atoms with Gasteiger partial charge in [-0.1, -0.05) is 0 Å². The Kier molecular flexibility index (Phi) is 6.00. The van der Waals surface area contributed by atoms with Crippen LogP contribution >= 0.6 is 0 Å². The van der Waals surface area contributed by atoms with E-state index >= 15 is 0 Å². The first-order chi connectivity index (χ1) is 10.5. The molecule has 1 atom stereocenters. The van der Waals surface area contributed by atoms with Crippen molar-refractivity contribution in [2.75, 3.05) is 19.0 Å². The Hall–Kier alpha value is -1.81. The van der Waals surface area contributed by atoms with E-state index < -0.39 is 41.2 Å². The first kappa shape index (κ1) is 19.2. The topological polar surface area (TPSA) is 64.3 Å². The number of hydrogen-bond acceptors (Lipinski definition) is 3. The highest BCUT2D eigenvalue weighted by Crippen LogP contribution is 2.37. The second-order valence-corrected chi connectivity index (χ2v) is 4.64. The van der Waals surface area contributed by atoms with Gasteiger partial charge in [0.15, 0.2) is 0 Å². The lowest BCUT2D eigenvalue weighted by atomic mass is 10.1. The Labute approximate surface area is 127 Å². The average molecular weight is 344 g/mol. The molecule has 23 heavy (non-hydrogen) atoms. The normalized spacial score (nSPS) is 13.7. The molecule has 0 aromatic heterocycles. The van der Waals surface area contributed by atoms with Crippen molar-refractivity contribution in [1.82, 2.24) is 0 Å². The molecule has 0 heterocycles. The fourth-order valence-electron chi connectivity index (χ4n) is 1.71. The molecule has 0 aliphatic heterocycles. The summed E-state index contributed by atoms with van der Waals surface area (Å²) in [7, 11) is 1.27. The van der Waals surface area contributed by atoms with E-state index in [2.05, 4.69) is 0 Å². The number of ether oxygens (including phenoxy) is 1. The summed E-state index contributed by atoms with van der Waals surface area (Å²) in [4.78, 5) is 11.7. The molecule has 1 unspecified atom stereocenters. The molecule has 0 fully saturated rings. The largest absolute Gasteiger partial charge is 0.416 e. The molecule has 0 bridgehead atoms. The van der Waals surface area contributed by atoms with Crippen molar-refractivity contribution in [3.05, 3.63) is 29.3 Å². The van der Waals surface area contributed by atoms with Crippen LogP contribution in [0.5, 0.6) is 0 Å². The first-order valence-corrected chi connectivity index (χ1v) is 6.29. The van der Waals surface area contributed by atoms with Gasteiger partial charge in [-0.05, 0) is 18.2 Å². The lowest BCUT2D eigenvalue weighted by Crippen LogP contribution is -2.28. The highest BCUT2D eigenvalue weighted by molar-refractivity contribution is 5.91. The van der Waals surface area contributed by atoms with Crippen LogP contribution in [0, 0.1) is 0 Å². The van der Waals surface area contributed by atoms with Gasteiger partial charge < -0.3 is 15.8 Å². The zero-order chi connectivity index (χ0) is 17.8. The number of benzene rings is 1. The SMILES string of the molecule is COC(CN)CC(=O)Nc1cc(C(F)(F)F)cc(C(F)(F)F)c1. The Morgan fingerprint density at radius 3 is 1.96 bits per heavy atom. The summed E-state index contributed by atoms with van der Waals surface area (Å²) in [5, 5.41) is 1.99. The molecule has 3 N–H and O–H groups in total. The van der Waals surface area contributed by atoms with E-state index in [0.29, 0.717) is 12.1 Å². The predicted molar refractivity (Wildman–Crippen MR) is 69.5 cm³/mol. The molecule has 130 valence electrons. The minimum Gasteiger partial charge on any atom is -0.380 e. The van der Waals surface area contributed by atoms with Crippen LogP contribution in [0.3, 0.4) is 0 Å². The van der Waals surface area contributed by atoms with E-state index in [1.807, 2.05) is 5.32 Å². The average Bonchev–Trinajstić information content (AvgIpc) is 2.42. The Morgan fingerprint density at radius 2 is 1.61 bits per heavy atom. The molecule has 1 aromatic rings. The standard InChI is InChI=1S/C13H14F6N2O2/c1-23-10(6-20)5-11(22)21-9-3-7(12(14,15)16)2-8(4-9)13(17,18)19/h2-4,10H,5-6,20H2,1H3,(H,21,22). The van der Waals surface area contributed by atoms with Crippen LogP contribution in [-0.2, 0) is 21.9 Å². The molecule has 10 heteroatoms. The van der Waals surface area contributed by atoms with Crippen LogP contribution in [0.4, 0.5) is 32.0 Å². The fourth-order valence-corrected chi connectivity index (χ4v) is 1.71. The number of nitrogens with one attached hydrogen (secondary N) is 1. The minimum atomic E-state index is -4.98. The van der Waals surface area contributed by atoms with E-state index in [4.69, 9.17) is 10.5 Å². The van der Waals surface area contributed by atoms with Crippen LogP contribution in [0.15, 0.2) is 18.2 Å². The number of methoxy groups -OCH3 is 1. The molecule has 0 saturated carbocycles. The monoisotopic (exact) mass is 344 g/mol. The van der Waals surface area contributed by atoms with Gasteiger partial charge in [-0.3, -0.25) is 4.79 Å². The smallest absolute Gasteiger partial charge is 0.380 e. The fraction of sp³-hybridized carbons (Fsp3) is 0.462. The summed E-state index contributed by atoms with van der Waals surface area (Å²) < 4.78 is 80.9. The molecule has 0 radical (unpaired) electrons. The van der Waals surface area contributed by atoms with E-state index in [-0.39, 0.29) is 19.0 Å². The maximum absolute atomic E-state index is 12.7. The maximum atomic E-state index is 12.7. The lowest BCUT2D eigenvalue weighted by Gasteiger charge is -2.16. The second-order valence-electron chi connectivity index (χ2n) is 4.64. The van der Waals surface area contributed by atoms with Crippen molar-refractivity contribution in [3.63, 3.8) is 0 Å². The molecular formula is C13H14F6N2O2. The third kappa shape index (κ3) is 5.71. The first-order valence-electron chi connectivity index (χ1n) is 6.29. The van der Waals surface area contributed by atoms with Crippen LogP contribution < -0.4 is 11.1 Å². The molecule has 4 nitrogen and oxygen atoms in total. The van der Waals surface area contributed by atoms with E-state index in [9.17, 15) is 31.1 Å². The molecule has 0 spiro atoms. The van der Waals surface area contributed by atoms with Crippen molar-refractivity contribution < 1.29 is 35.9 Å². The summed E-state index contributed by atoms with van der Waals surface area (Å²) in [6.07, 6.45) is -11.0. The number of hydrogen-bond donors (Lipinski definition) is 2. The summed E-state index contributed by atoms with van der Waals surface area (Å²) in [6.45, 7) is -0.0275. The van der Waals surface area contributed by atoms with Gasteiger partial charge in [0.2, 0.25) is 5.91 Å². The molecular weight excluding hydrogens is 330 g/mol. The zero-order valence-corrected chi connectivity index (χ0v) is 11.9. The number of amides is 1. The molecule has 1 amide bonds. The number of carbonyl (C=O) groups excluding carboxylic acids is 1. The second kappa shape index (κ2) is 7.18. The van der Waals surface area contributed by atoms with Crippen LogP contribution in [0.25, 0.3) is 0 Å². The van der Waals surface area contributed by atoms with Crippen molar-refractivity contribution in [2.45, 2.75) is 24.9 Å². The molecule has 0 aliphatic carbocycles. The van der Waals surface area contributed by atoms with Crippen LogP contribution in [-0.4, -0.2) is 25.7 Å². The molecule has 0 aliphatic rings. The van der Waals surface area contributed by atoms with Crippen molar-refractivity contribution in [2.24, 2.45) is 5.73 Å². The zero-order valence-electron chi connectivity index (χ0n) is 11.9. The van der Waals surface area contributed by atoms with Gasteiger partial charge in [0.25, 0.3) is 0 Å². The number of carbonyl (C=O) groups is 1. The van der Waals surface area contributed by atoms with Gasteiger partial charge in [0.1, 0.15) is 0 Å². The minimum absolute atomic E-state index is 0.0203. The van der Waals surface area contributed by atoms with E-state index in [1.54, 1.807) is 0 Å². The summed E-state index contributed by atoms with van der Waals surface area (Å²) in [6, 6.07) is 0.836. The van der Waals surface area contributed by atoms with Gasteiger partial charge in [0.05, 0.1) is 23.7 Å². The summed E-state index contributed by atoms with van der Waals surface area (Å²) >= 11 is 0. The van der Waals surface area contributed by atoms with Gasteiger partial charge in [-0.2, -0.15) is 26.3 Å². The third-order valence-corrected chi connectivity index (χ3v) is 2.88. The highest BCUT2D eigenvalue weighted by Gasteiger charge is 2.37. The Balaban J connectivity index is 3.08. The summed E-state index contributed by atoms with van der Waals surface area (Å²) in [5.41, 5.74) is 1.66. The maximum Gasteiger partial charge on any atom is 0.416 e. The van der Waals surface area contributed by atoms with Gasteiger partial charge in [-0.25, -0.2) is 0 Å². The molecule has 0 saturated heterocycles. The quantitative estimate of drug-likeness (QED) is 0.807. The predicted octanol–water partition coefficient (Wildman–Crippen LogP) is 3.03. The van der Waals surface area contributed by atoms with Crippen LogP contribution in [0.2, 0.25) is 0 Å². The Bertz CT molecular complexity index is 520. The molecule has 1 rings (SSSR count). The van der Waals surface area contributed by atoms with Crippen molar-refractivity contribution >= 4 is 11.6 Å². The third-order valence-electron chi connectivity index (χ3n) is 2.88. The van der Waals surface area contributed by atoms with Crippen LogP contribution in [0.1, 0.15) is 17.5 Å². The van der Waals surface area contributed by atoms with E-state index in [0.717, 1.165) is 0 Å². The lowest BCUT2D eigenvalue weighted by molar-refractivity contribution is -0.143. The Morgan fingerprint density at radius 1 is 1.13 bits per heavy atom. The molecule has 1 aromatic carbocycles. The summed E-state index contributed by atoms with van der Waals surface area (Å²) in [5.74, 6) is -0.810. The number of rotatable bonds is 5. The number of halogens is 6. The van der Waals surface area contributed by atoms with Crippen molar-refractivity contribution in [3.8, 4) is 0 Å². The van der Waals surface area contributed by atoms with Gasteiger partial charge in [-0.15, -0.1) is 0 Å². The number of nitrogens with two attached hydrogens (primary N) is 1. The highest BCUT2D eigenvalue weighted by atomic mass is 19.4. The van der Waals surface area contributed by atoms with E-state index in [1.165, 1.54) is 7.11 Å².